The standard InChI is InChI=1S/C17H13Cl3/c1-12-6-7-13(16(19)10-12)4-2-3-5-14-8-9-15(18)11-17(14)20/h2-11H,1H3. The lowest BCUT2D eigenvalue weighted by molar-refractivity contribution is 1.46. The van der Waals surface area contributed by atoms with Crippen LogP contribution in [0.5, 0.6) is 0 Å². The van der Waals surface area contributed by atoms with Crippen LogP contribution in [0.15, 0.2) is 48.6 Å². The molecule has 0 radical (unpaired) electrons. The zero-order valence-corrected chi connectivity index (χ0v) is 13.2. The first-order chi connectivity index (χ1) is 9.56. The van der Waals surface area contributed by atoms with Gasteiger partial charge in [0.25, 0.3) is 0 Å². The van der Waals surface area contributed by atoms with E-state index in [9.17, 15) is 0 Å². The van der Waals surface area contributed by atoms with Gasteiger partial charge in [-0.1, -0.05) is 77.3 Å². The fraction of sp³-hybridized carbons (Fsp3) is 0.0588. The molecule has 20 heavy (non-hydrogen) atoms. The second kappa shape index (κ2) is 6.99. The van der Waals surface area contributed by atoms with Crippen molar-refractivity contribution < 1.29 is 0 Å². The summed E-state index contributed by atoms with van der Waals surface area (Å²) in [6.07, 6.45) is 7.74. The molecule has 0 atom stereocenters. The Labute approximate surface area is 134 Å². The van der Waals surface area contributed by atoms with Gasteiger partial charge in [-0.2, -0.15) is 0 Å². The largest absolute Gasteiger partial charge is 0.0843 e. The molecule has 0 aliphatic rings. The summed E-state index contributed by atoms with van der Waals surface area (Å²) in [6.45, 7) is 2.02. The molecule has 102 valence electrons. The maximum atomic E-state index is 6.16. The molecule has 2 aromatic rings. The van der Waals surface area contributed by atoms with Crippen LogP contribution in [0.1, 0.15) is 16.7 Å². The van der Waals surface area contributed by atoms with E-state index in [2.05, 4.69) is 0 Å². The molecule has 2 aromatic carbocycles. The zero-order chi connectivity index (χ0) is 14.5. The van der Waals surface area contributed by atoms with Crippen molar-refractivity contribution in [1.29, 1.82) is 0 Å². The van der Waals surface area contributed by atoms with E-state index in [1.165, 1.54) is 0 Å². The van der Waals surface area contributed by atoms with Gasteiger partial charge in [0.15, 0.2) is 0 Å². The van der Waals surface area contributed by atoms with Crippen LogP contribution in [0, 0.1) is 6.92 Å². The molecule has 0 unspecified atom stereocenters. The van der Waals surface area contributed by atoms with Crippen LogP contribution in [0.25, 0.3) is 12.2 Å². The molecule has 3 heteroatoms. The van der Waals surface area contributed by atoms with Crippen molar-refractivity contribution in [3.8, 4) is 0 Å². The third-order valence-corrected chi connectivity index (χ3v) is 3.67. The second-order valence-corrected chi connectivity index (χ2v) is 5.66. The average Bonchev–Trinajstić information content (AvgIpc) is 2.39. The van der Waals surface area contributed by atoms with Crippen LogP contribution in [0.3, 0.4) is 0 Å². The monoisotopic (exact) mass is 322 g/mol. The Hall–Kier alpha value is -1.21. The minimum Gasteiger partial charge on any atom is -0.0843 e. The van der Waals surface area contributed by atoms with Crippen molar-refractivity contribution in [2.45, 2.75) is 6.92 Å². The molecule has 0 aliphatic carbocycles. The van der Waals surface area contributed by atoms with Crippen molar-refractivity contribution in [1.82, 2.24) is 0 Å². The van der Waals surface area contributed by atoms with Crippen LogP contribution < -0.4 is 0 Å². The van der Waals surface area contributed by atoms with Gasteiger partial charge in [0.1, 0.15) is 0 Å². The van der Waals surface area contributed by atoms with Crippen LogP contribution in [-0.2, 0) is 0 Å². The van der Waals surface area contributed by atoms with Gasteiger partial charge >= 0.3 is 0 Å². The maximum absolute atomic E-state index is 6.16. The molecule has 0 fully saturated rings. The van der Waals surface area contributed by atoms with Crippen molar-refractivity contribution >= 4 is 47.0 Å². The predicted molar refractivity (Wildman–Crippen MR) is 90.7 cm³/mol. The zero-order valence-electron chi connectivity index (χ0n) is 10.9. The van der Waals surface area contributed by atoms with Crippen LogP contribution >= 0.6 is 34.8 Å². The Balaban J connectivity index is 2.11. The van der Waals surface area contributed by atoms with E-state index in [1.54, 1.807) is 6.07 Å². The molecule has 0 amide bonds. The Morgan fingerprint density at radius 2 is 1.30 bits per heavy atom. The average molecular weight is 324 g/mol. The van der Waals surface area contributed by atoms with Gasteiger partial charge in [-0.15, -0.1) is 0 Å². The summed E-state index contributed by atoms with van der Waals surface area (Å²) in [7, 11) is 0. The number of hydrogen-bond donors (Lipinski definition) is 0. The molecule has 0 spiro atoms. The first-order valence-electron chi connectivity index (χ1n) is 6.12. The molecular formula is C17H13Cl3. The summed E-state index contributed by atoms with van der Waals surface area (Å²) >= 11 is 18.1. The number of aryl methyl sites for hydroxylation is 1. The molecule has 0 bridgehead atoms. The summed E-state index contributed by atoms with van der Waals surface area (Å²) < 4.78 is 0. The quantitative estimate of drug-likeness (QED) is 0.552. The summed E-state index contributed by atoms with van der Waals surface area (Å²) in [4.78, 5) is 0. The summed E-state index contributed by atoms with van der Waals surface area (Å²) in [5, 5.41) is 2.02. The van der Waals surface area contributed by atoms with E-state index in [-0.39, 0.29) is 0 Å². The van der Waals surface area contributed by atoms with Crippen molar-refractivity contribution in [2.24, 2.45) is 0 Å². The van der Waals surface area contributed by atoms with E-state index in [4.69, 9.17) is 34.8 Å². The van der Waals surface area contributed by atoms with E-state index in [0.717, 1.165) is 21.7 Å². The smallest absolute Gasteiger partial charge is 0.0493 e. The van der Waals surface area contributed by atoms with Crippen LogP contribution in [0.4, 0.5) is 0 Å². The lowest BCUT2D eigenvalue weighted by Crippen LogP contribution is -1.77. The molecule has 0 nitrogen and oxygen atoms in total. The number of hydrogen-bond acceptors (Lipinski definition) is 0. The molecule has 0 saturated heterocycles. The predicted octanol–water partition coefficient (Wildman–Crippen LogP) is 6.68. The summed E-state index contributed by atoms with van der Waals surface area (Å²) in [5.41, 5.74) is 3.07. The van der Waals surface area contributed by atoms with Gasteiger partial charge in [0, 0.05) is 15.1 Å². The Morgan fingerprint density at radius 3 is 1.85 bits per heavy atom. The van der Waals surface area contributed by atoms with Gasteiger partial charge < -0.3 is 0 Å². The van der Waals surface area contributed by atoms with Gasteiger partial charge in [-0.25, -0.2) is 0 Å². The van der Waals surface area contributed by atoms with Gasteiger partial charge in [-0.3, -0.25) is 0 Å². The fourth-order valence-corrected chi connectivity index (χ4v) is 2.49. The highest BCUT2D eigenvalue weighted by atomic mass is 35.5. The third kappa shape index (κ3) is 4.14. The molecule has 2 rings (SSSR count). The van der Waals surface area contributed by atoms with E-state index >= 15 is 0 Å². The number of benzene rings is 2. The topological polar surface area (TPSA) is 0 Å². The van der Waals surface area contributed by atoms with E-state index < -0.39 is 0 Å². The first-order valence-corrected chi connectivity index (χ1v) is 7.25. The van der Waals surface area contributed by atoms with Gasteiger partial charge in [0.05, 0.1) is 0 Å². The Bertz CT molecular complexity index is 610. The minimum absolute atomic E-state index is 0.633. The first kappa shape index (κ1) is 15.2. The molecule has 0 aliphatic heterocycles. The normalized spacial score (nSPS) is 11.6. The molecule has 0 N–H and O–H groups in total. The highest BCUT2D eigenvalue weighted by Gasteiger charge is 1.97. The molecule has 0 saturated carbocycles. The fourth-order valence-electron chi connectivity index (χ4n) is 1.72. The van der Waals surface area contributed by atoms with E-state index in [0.29, 0.717) is 10.0 Å². The molecular weight excluding hydrogens is 311 g/mol. The second-order valence-electron chi connectivity index (χ2n) is 4.41. The molecule has 0 heterocycles. The van der Waals surface area contributed by atoms with Crippen LogP contribution in [-0.4, -0.2) is 0 Å². The number of rotatable bonds is 3. The number of halogens is 3. The highest BCUT2D eigenvalue weighted by molar-refractivity contribution is 6.35. The van der Waals surface area contributed by atoms with Crippen molar-refractivity contribution in [2.75, 3.05) is 0 Å². The van der Waals surface area contributed by atoms with Crippen LogP contribution in [0.2, 0.25) is 15.1 Å². The molecule has 0 aromatic heterocycles. The van der Waals surface area contributed by atoms with E-state index in [1.807, 2.05) is 61.6 Å². The maximum Gasteiger partial charge on any atom is 0.0493 e. The lowest BCUT2D eigenvalue weighted by atomic mass is 10.1. The van der Waals surface area contributed by atoms with Crippen molar-refractivity contribution in [3.05, 3.63) is 80.3 Å². The summed E-state index contributed by atoms with van der Waals surface area (Å²) in [6, 6.07) is 11.4. The SMILES string of the molecule is Cc1ccc(C=CC=Cc2ccc(Cl)cc2Cl)c(Cl)c1. The Morgan fingerprint density at radius 1 is 0.750 bits per heavy atom. The third-order valence-electron chi connectivity index (χ3n) is 2.78. The lowest BCUT2D eigenvalue weighted by Gasteiger charge is -1.99. The highest BCUT2D eigenvalue weighted by Crippen LogP contribution is 2.22. The number of allylic oxidation sites excluding steroid dienone is 2. The minimum atomic E-state index is 0.633. The Kier molecular flexibility index (Phi) is 5.31. The van der Waals surface area contributed by atoms with Gasteiger partial charge in [0.2, 0.25) is 0 Å². The summed E-state index contributed by atoms with van der Waals surface area (Å²) in [5.74, 6) is 0. The van der Waals surface area contributed by atoms with Gasteiger partial charge in [-0.05, 0) is 41.8 Å². The van der Waals surface area contributed by atoms with Crippen molar-refractivity contribution in [3.63, 3.8) is 0 Å².